The zero-order chi connectivity index (χ0) is 11.7. The van der Waals surface area contributed by atoms with Crippen LogP contribution in [0, 0.1) is 11.8 Å². The molecule has 0 unspecified atom stereocenters. The first-order chi connectivity index (χ1) is 7.07. The fraction of sp³-hybridized carbons (Fsp3) is 0.750. The maximum Gasteiger partial charge on any atom is 0.0915 e. The zero-order valence-corrected chi connectivity index (χ0v) is 10.6. The predicted octanol–water partition coefficient (Wildman–Crippen LogP) is 1.31. The Morgan fingerprint density at radius 3 is 2.27 bits per heavy atom. The SMILES string of the molecule is C/C=N\CN(CC#CCN(C)C)C(C)C. The standard InChI is InChI=1S/C12H23N3/c1-6-13-11-15(12(2)3)10-8-7-9-14(4)5/h6,12H,9-11H2,1-5H3/b13-6-. The van der Waals surface area contributed by atoms with Gasteiger partial charge in [-0.2, -0.15) is 0 Å². The van der Waals surface area contributed by atoms with E-state index in [0.29, 0.717) is 6.04 Å². The summed E-state index contributed by atoms with van der Waals surface area (Å²) in [5.41, 5.74) is 0. The van der Waals surface area contributed by atoms with Crippen molar-refractivity contribution in [3.8, 4) is 11.8 Å². The summed E-state index contributed by atoms with van der Waals surface area (Å²) in [7, 11) is 4.05. The molecule has 0 aromatic carbocycles. The van der Waals surface area contributed by atoms with Gasteiger partial charge >= 0.3 is 0 Å². The minimum Gasteiger partial charge on any atom is -0.299 e. The Bertz CT molecular complexity index is 233. The molecule has 86 valence electrons. The van der Waals surface area contributed by atoms with Gasteiger partial charge in [-0.25, -0.2) is 0 Å². The number of hydrogen-bond acceptors (Lipinski definition) is 3. The summed E-state index contributed by atoms with van der Waals surface area (Å²) in [5, 5.41) is 0. The summed E-state index contributed by atoms with van der Waals surface area (Å²) < 4.78 is 0. The topological polar surface area (TPSA) is 18.8 Å². The van der Waals surface area contributed by atoms with E-state index in [2.05, 4.69) is 40.5 Å². The maximum absolute atomic E-state index is 4.23. The highest BCUT2D eigenvalue weighted by Crippen LogP contribution is 1.96. The van der Waals surface area contributed by atoms with Gasteiger partial charge in [-0.1, -0.05) is 11.8 Å². The molecule has 0 saturated heterocycles. The number of nitrogens with zero attached hydrogens (tertiary/aromatic N) is 3. The molecule has 3 nitrogen and oxygen atoms in total. The Labute approximate surface area is 94.2 Å². The third-order valence-electron chi connectivity index (χ3n) is 1.98. The number of aliphatic imine (C=N–C) groups is 1. The lowest BCUT2D eigenvalue weighted by molar-refractivity contribution is 0.258. The van der Waals surface area contributed by atoms with Gasteiger partial charge in [0.15, 0.2) is 0 Å². The van der Waals surface area contributed by atoms with E-state index in [1.54, 1.807) is 0 Å². The molecule has 15 heavy (non-hydrogen) atoms. The molecule has 0 aliphatic carbocycles. The van der Waals surface area contributed by atoms with Crippen LogP contribution in [-0.4, -0.2) is 55.9 Å². The average molecular weight is 209 g/mol. The van der Waals surface area contributed by atoms with Gasteiger partial charge in [0, 0.05) is 6.04 Å². The van der Waals surface area contributed by atoms with Crippen molar-refractivity contribution in [2.24, 2.45) is 4.99 Å². The van der Waals surface area contributed by atoms with E-state index in [4.69, 9.17) is 0 Å². The van der Waals surface area contributed by atoms with Crippen LogP contribution in [-0.2, 0) is 0 Å². The zero-order valence-electron chi connectivity index (χ0n) is 10.6. The Balaban J connectivity index is 3.98. The van der Waals surface area contributed by atoms with Gasteiger partial charge in [0.05, 0.1) is 19.8 Å². The third kappa shape index (κ3) is 8.17. The Hall–Kier alpha value is -0.850. The lowest BCUT2D eigenvalue weighted by atomic mass is 10.3. The second kappa shape index (κ2) is 8.46. The van der Waals surface area contributed by atoms with Crippen LogP contribution in [0.1, 0.15) is 20.8 Å². The fourth-order valence-corrected chi connectivity index (χ4v) is 0.954. The van der Waals surface area contributed by atoms with Crippen molar-refractivity contribution in [1.82, 2.24) is 9.80 Å². The van der Waals surface area contributed by atoms with Crippen LogP contribution in [0.5, 0.6) is 0 Å². The van der Waals surface area contributed by atoms with E-state index < -0.39 is 0 Å². The van der Waals surface area contributed by atoms with Gasteiger partial charge in [0.25, 0.3) is 0 Å². The molecular formula is C12H23N3. The van der Waals surface area contributed by atoms with E-state index in [-0.39, 0.29) is 0 Å². The molecule has 0 rings (SSSR count). The van der Waals surface area contributed by atoms with Crippen LogP contribution >= 0.6 is 0 Å². The lowest BCUT2D eigenvalue weighted by Crippen LogP contribution is -2.31. The van der Waals surface area contributed by atoms with Crippen LogP contribution in [0.25, 0.3) is 0 Å². The summed E-state index contributed by atoms with van der Waals surface area (Å²) in [4.78, 5) is 8.54. The monoisotopic (exact) mass is 209 g/mol. The van der Waals surface area contributed by atoms with Crippen molar-refractivity contribution in [2.45, 2.75) is 26.8 Å². The summed E-state index contributed by atoms with van der Waals surface area (Å²) >= 11 is 0. The highest BCUT2D eigenvalue weighted by atomic mass is 15.2. The van der Waals surface area contributed by atoms with Gasteiger partial charge in [-0.05, 0) is 41.1 Å². The molecular weight excluding hydrogens is 186 g/mol. The van der Waals surface area contributed by atoms with E-state index in [0.717, 1.165) is 19.8 Å². The molecule has 0 bridgehead atoms. The highest BCUT2D eigenvalue weighted by Gasteiger charge is 2.05. The highest BCUT2D eigenvalue weighted by molar-refractivity contribution is 5.53. The number of hydrogen-bond donors (Lipinski definition) is 0. The summed E-state index contributed by atoms with van der Waals surface area (Å²) in [6.07, 6.45) is 1.84. The largest absolute Gasteiger partial charge is 0.299 e. The van der Waals surface area contributed by atoms with Crippen molar-refractivity contribution in [3.05, 3.63) is 0 Å². The molecule has 0 N–H and O–H groups in total. The third-order valence-corrected chi connectivity index (χ3v) is 1.98. The molecule has 0 fully saturated rings. The molecule has 0 aliphatic heterocycles. The molecule has 0 amide bonds. The first-order valence-electron chi connectivity index (χ1n) is 5.36. The predicted molar refractivity (Wildman–Crippen MR) is 67.2 cm³/mol. The van der Waals surface area contributed by atoms with Gasteiger partial charge in [-0.15, -0.1) is 0 Å². The molecule has 0 heterocycles. The van der Waals surface area contributed by atoms with Crippen LogP contribution in [0.4, 0.5) is 0 Å². The van der Waals surface area contributed by atoms with Crippen LogP contribution in [0.15, 0.2) is 4.99 Å². The van der Waals surface area contributed by atoms with Crippen LogP contribution < -0.4 is 0 Å². The van der Waals surface area contributed by atoms with E-state index in [1.807, 2.05) is 27.2 Å². The molecule has 0 radical (unpaired) electrons. The summed E-state index contributed by atoms with van der Waals surface area (Å²) in [6, 6.07) is 0.488. The minimum atomic E-state index is 0.488. The molecule has 0 aromatic heterocycles. The molecule has 3 heteroatoms. The average Bonchev–Trinajstić information content (AvgIpc) is 2.15. The van der Waals surface area contributed by atoms with Gasteiger partial charge in [0.1, 0.15) is 0 Å². The molecule has 0 atom stereocenters. The lowest BCUT2D eigenvalue weighted by Gasteiger charge is -2.21. The molecule has 0 spiro atoms. The quantitative estimate of drug-likeness (QED) is 0.502. The molecule has 0 saturated carbocycles. The first kappa shape index (κ1) is 14.2. The van der Waals surface area contributed by atoms with Gasteiger partial charge in [0.2, 0.25) is 0 Å². The molecule has 0 aliphatic rings. The van der Waals surface area contributed by atoms with Crippen molar-refractivity contribution in [2.75, 3.05) is 33.9 Å². The van der Waals surface area contributed by atoms with E-state index in [9.17, 15) is 0 Å². The summed E-state index contributed by atoms with van der Waals surface area (Å²) in [5.74, 6) is 6.30. The van der Waals surface area contributed by atoms with Crippen molar-refractivity contribution in [3.63, 3.8) is 0 Å². The van der Waals surface area contributed by atoms with Gasteiger partial charge in [-0.3, -0.25) is 14.8 Å². The first-order valence-corrected chi connectivity index (χ1v) is 5.36. The van der Waals surface area contributed by atoms with Crippen LogP contribution in [0.3, 0.4) is 0 Å². The molecule has 0 aromatic rings. The second-order valence-corrected chi connectivity index (χ2v) is 4.01. The number of rotatable bonds is 5. The van der Waals surface area contributed by atoms with Crippen molar-refractivity contribution >= 4 is 6.21 Å². The second-order valence-electron chi connectivity index (χ2n) is 4.01. The Morgan fingerprint density at radius 1 is 1.20 bits per heavy atom. The van der Waals surface area contributed by atoms with E-state index in [1.165, 1.54) is 0 Å². The maximum atomic E-state index is 4.23. The fourth-order valence-electron chi connectivity index (χ4n) is 0.954. The van der Waals surface area contributed by atoms with Crippen LogP contribution in [0.2, 0.25) is 0 Å². The minimum absolute atomic E-state index is 0.488. The Morgan fingerprint density at radius 2 is 1.80 bits per heavy atom. The van der Waals surface area contributed by atoms with Crippen molar-refractivity contribution < 1.29 is 0 Å². The van der Waals surface area contributed by atoms with Crippen molar-refractivity contribution in [1.29, 1.82) is 0 Å². The smallest absolute Gasteiger partial charge is 0.0915 e. The van der Waals surface area contributed by atoms with Gasteiger partial charge < -0.3 is 0 Å². The van der Waals surface area contributed by atoms with E-state index >= 15 is 0 Å². The summed E-state index contributed by atoms with van der Waals surface area (Å²) in [6.45, 7) is 8.63. The normalized spacial score (nSPS) is 11.5. The Kier molecular flexibility index (Phi) is 7.98.